The Labute approximate surface area is 132 Å². The molecule has 1 aromatic carbocycles. The lowest BCUT2D eigenvalue weighted by molar-refractivity contribution is 0.564. The molecule has 3 nitrogen and oxygen atoms in total. The van der Waals surface area contributed by atoms with E-state index in [4.69, 9.17) is 0 Å². The molecule has 118 valence electrons. The molecule has 0 spiro atoms. The molecule has 0 aliphatic heterocycles. The molecule has 1 aliphatic carbocycles. The molecule has 1 aliphatic rings. The zero-order valence-electron chi connectivity index (χ0n) is 11.7. The monoisotopic (exact) mass is 343 g/mol. The summed E-state index contributed by atoms with van der Waals surface area (Å²) in [7, 11) is -3.63. The van der Waals surface area contributed by atoms with E-state index in [0.29, 0.717) is 6.54 Å². The first-order valence-corrected chi connectivity index (χ1v) is 9.43. The van der Waals surface area contributed by atoms with E-state index >= 15 is 0 Å². The third-order valence-electron chi connectivity index (χ3n) is 3.90. The molecule has 22 heavy (non-hydrogen) atoms. The number of sulfonamides is 1. The minimum atomic E-state index is -3.63. The molecule has 0 atom stereocenters. The Bertz CT molecular complexity index is 749. The summed E-state index contributed by atoms with van der Waals surface area (Å²) >= 11 is 1.59. The Morgan fingerprint density at radius 1 is 1.18 bits per heavy atom. The van der Waals surface area contributed by atoms with Crippen LogP contribution in [0.4, 0.5) is 8.78 Å². The van der Waals surface area contributed by atoms with Gasteiger partial charge in [0.15, 0.2) is 0 Å². The molecule has 0 amide bonds. The fourth-order valence-electron chi connectivity index (χ4n) is 2.50. The van der Waals surface area contributed by atoms with Crippen molar-refractivity contribution in [2.45, 2.75) is 24.0 Å². The van der Waals surface area contributed by atoms with Crippen LogP contribution in [0.3, 0.4) is 0 Å². The number of benzene rings is 1. The second-order valence-electron chi connectivity index (χ2n) is 5.65. The number of halogens is 2. The Kier molecular flexibility index (Phi) is 4.05. The van der Waals surface area contributed by atoms with Gasteiger partial charge in [0.2, 0.25) is 10.0 Å². The summed E-state index contributed by atoms with van der Waals surface area (Å²) in [6.45, 7) is 0.323. The van der Waals surface area contributed by atoms with Crippen LogP contribution in [-0.2, 0) is 21.2 Å². The average molecular weight is 343 g/mol. The molecule has 0 unspecified atom stereocenters. The summed E-state index contributed by atoms with van der Waals surface area (Å²) in [6.07, 6.45) is 1.89. The molecule has 3 rings (SSSR count). The van der Waals surface area contributed by atoms with Crippen molar-refractivity contribution in [3.63, 3.8) is 0 Å². The standard InChI is InChI=1S/C15H15F2NO2S2/c16-13-5-11(6-14(17)7-13)9-22(19,20)18-10-15(2-3-15)12-1-4-21-8-12/h1,4-8,18H,2-3,9-10H2. The SMILES string of the molecule is O=S(=O)(Cc1cc(F)cc(F)c1)NCC1(c2ccsc2)CC1. The molecular weight excluding hydrogens is 328 g/mol. The summed E-state index contributed by atoms with van der Waals surface area (Å²) in [5.74, 6) is -1.98. The summed E-state index contributed by atoms with van der Waals surface area (Å²) < 4.78 is 53.0. The van der Waals surface area contributed by atoms with Gasteiger partial charge in [0, 0.05) is 18.0 Å². The Hall–Kier alpha value is -1.31. The van der Waals surface area contributed by atoms with Gasteiger partial charge >= 0.3 is 0 Å². The van der Waals surface area contributed by atoms with Crippen LogP contribution in [-0.4, -0.2) is 15.0 Å². The van der Waals surface area contributed by atoms with Crippen LogP contribution in [0.2, 0.25) is 0 Å². The van der Waals surface area contributed by atoms with Crippen LogP contribution in [0.25, 0.3) is 0 Å². The van der Waals surface area contributed by atoms with Crippen molar-refractivity contribution in [3.05, 3.63) is 57.8 Å². The van der Waals surface area contributed by atoms with E-state index in [2.05, 4.69) is 4.72 Å². The lowest BCUT2D eigenvalue weighted by Gasteiger charge is -2.15. The highest BCUT2D eigenvalue weighted by atomic mass is 32.2. The van der Waals surface area contributed by atoms with E-state index in [1.165, 1.54) is 0 Å². The quantitative estimate of drug-likeness (QED) is 0.876. The predicted molar refractivity (Wildman–Crippen MR) is 82.2 cm³/mol. The summed E-state index contributed by atoms with van der Waals surface area (Å²) in [4.78, 5) is 0. The van der Waals surface area contributed by atoms with Crippen molar-refractivity contribution in [1.29, 1.82) is 0 Å². The second-order valence-corrected chi connectivity index (χ2v) is 8.24. The highest BCUT2D eigenvalue weighted by molar-refractivity contribution is 7.88. The molecule has 0 saturated heterocycles. The van der Waals surface area contributed by atoms with Gasteiger partial charge in [-0.3, -0.25) is 0 Å². The van der Waals surface area contributed by atoms with E-state index in [1.807, 2.05) is 16.8 Å². The number of hydrogen-bond acceptors (Lipinski definition) is 3. The van der Waals surface area contributed by atoms with E-state index in [-0.39, 0.29) is 11.0 Å². The van der Waals surface area contributed by atoms with Crippen molar-refractivity contribution < 1.29 is 17.2 Å². The molecule has 1 saturated carbocycles. The normalized spacial score (nSPS) is 16.6. The van der Waals surface area contributed by atoms with E-state index in [1.54, 1.807) is 11.3 Å². The Morgan fingerprint density at radius 2 is 1.86 bits per heavy atom. The molecule has 0 bridgehead atoms. The molecule has 0 radical (unpaired) electrons. The summed E-state index contributed by atoms with van der Waals surface area (Å²) in [6, 6.07) is 4.80. The maximum absolute atomic E-state index is 13.1. The van der Waals surface area contributed by atoms with Crippen molar-refractivity contribution in [2.75, 3.05) is 6.54 Å². The summed E-state index contributed by atoms with van der Waals surface area (Å²) in [5, 5.41) is 4.00. The first-order chi connectivity index (χ1) is 10.4. The topological polar surface area (TPSA) is 46.2 Å². The first kappa shape index (κ1) is 15.6. The minimum absolute atomic E-state index is 0.102. The van der Waals surface area contributed by atoms with Gasteiger partial charge in [-0.2, -0.15) is 11.3 Å². The van der Waals surface area contributed by atoms with Gasteiger partial charge < -0.3 is 0 Å². The third kappa shape index (κ3) is 3.53. The van der Waals surface area contributed by atoms with E-state index < -0.39 is 27.4 Å². The van der Waals surface area contributed by atoms with Gasteiger partial charge in [0.25, 0.3) is 0 Å². The molecule has 1 heterocycles. The summed E-state index contributed by atoms with van der Waals surface area (Å²) in [5.41, 5.74) is 1.14. The smallest absolute Gasteiger partial charge is 0.214 e. The second kappa shape index (κ2) is 5.72. The van der Waals surface area contributed by atoms with Gasteiger partial charge in [0.1, 0.15) is 11.6 Å². The fourth-order valence-corrected chi connectivity index (χ4v) is 4.48. The zero-order chi connectivity index (χ0) is 15.8. The van der Waals surface area contributed by atoms with Crippen LogP contribution in [0.1, 0.15) is 24.0 Å². The van der Waals surface area contributed by atoms with Crippen molar-refractivity contribution in [1.82, 2.24) is 4.72 Å². The molecule has 2 aromatic rings. The van der Waals surface area contributed by atoms with Crippen molar-refractivity contribution in [3.8, 4) is 0 Å². The maximum Gasteiger partial charge on any atom is 0.215 e. The van der Waals surface area contributed by atoms with Crippen molar-refractivity contribution >= 4 is 21.4 Å². The first-order valence-electron chi connectivity index (χ1n) is 6.84. The van der Waals surface area contributed by atoms with Crippen molar-refractivity contribution in [2.24, 2.45) is 0 Å². The molecule has 7 heteroatoms. The Morgan fingerprint density at radius 3 is 2.41 bits per heavy atom. The molecule has 1 N–H and O–H groups in total. The van der Waals surface area contributed by atoms with Gasteiger partial charge in [-0.15, -0.1) is 0 Å². The van der Waals surface area contributed by atoms with Gasteiger partial charge in [0.05, 0.1) is 5.75 Å². The lowest BCUT2D eigenvalue weighted by atomic mass is 10.0. The Balaban J connectivity index is 1.67. The highest BCUT2D eigenvalue weighted by Gasteiger charge is 2.44. The van der Waals surface area contributed by atoms with Crippen LogP contribution < -0.4 is 4.72 Å². The van der Waals surface area contributed by atoms with Crippen LogP contribution in [0.5, 0.6) is 0 Å². The number of hydrogen-bond donors (Lipinski definition) is 1. The number of thiophene rings is 1. The van der Waals surface area contributed by atoms with E-state index in [0.717, 1.165) is 36.6 Å². The van der Waals surface area contributed by atoms with Crippen LogP contribution in [0.15, 0.2) is 35.0 Å². The molecular formula is C15H15F2NO2S2. The van der Waals surface area contributed by atoms with Crippen LogP contribution in [0, 0.1) is 11.6 Å². The van der Waals surface area contributed by atoms with Crippen LogP contribution >= 0.6 is 11.3 Å². The fraction of sp³-hybridized carbons (Fsp3) is 0.333. The predicted octanol–water partition coefficient (Wildman–Crippen LogP) is 3.18. The largest absolute Gasteiger partial charge is 0.215 e. The van der Waals surface area contributed by atoms with Gasteiger partial charge in [-0.25, -0.2) is 21.9 Å². The van der Waals surface area contributed by atoms with Gasteiger partial charge in [-0.05, 0) is 52.9 Å². The average Bonchev–Trinajstić information content (AvgIpc) is 2.99. The highest BCUT2D eigenvalue weighted by Crippen LogP contribution is 2.48. The third-order valence-corrected chi connectivity index (χ3v) is 5.88. The minimum Gasteiger partial charge on any atom is -0.214 e. The zero-order valence-corrected chi connectivity index (χ0v) is 13.3. The lowest BCUT2D eigenvalue weighted by Crippen LogP contribution is -2.33. The molecule has 1 fully saturated rings. The van der Waals surface area contributed by atoms with E-state index in [9.17, 15) is 17.2 Å². The maximum atomic E-state index is 13.1. The molecule has 1 aromatic heterocycles. The number of rotatable bonds is 6. The van der Waals surface area contributed by atoms with Gasteiger partial charge in [-0.1, -0.05) is 0 Å². The number of nitrogens with one attached hydrogen (secondary N) is 1.